The second-order valence-electron chi connectivity index (χ2n) is 5.70. The topological polar surface area (TPSA) is 90.7 Å². The summed E-state index contributed by atoms with van der Waals surface area (Å²) in [6.45, 7) is 0. The van der Waals surface area contributed by atoms with Crippen LogP contribution in [0.15, 0.2) is 60.8 Å². The van der Waals surface area contributed by atoms with E-state index in [1.807, 2.05) is 0 Å². The maximum atomic E-state index is 12.7. The summed E-state index contributed by atoms with van der Waals surface area (Å²) in [6.07, 6.45) is 1.46. The fourth-order valence-corrected chi connectivity index (χ4v) is 2.88. The van der Waals surface area contributed by atoms with Crippen LogP contribution in [0.3, 0.4) is 0 Å². The minimum atomic E-state index is -1.31. The molecule has 1 heterocycles. The Morgan fingerprint density at radius 1 is 1.08 bits per heavy atom. The van der Waals surface area contributed by atoms with Crippen LogP contribution in [0.4, 0.5) is 0 Å². The van der Waals surface area contributed by atoms with Gasteiger partial charge in [0.1, 0.15) is 0 Å². The first-order chi connectivity index (χ1) is 12.5. The third kappa shape index (κ3) is 3.45. The van der Waals surface area contributed by atoms with Crippen molar-refractivity contribution in [1.82, 2.24) is 9.40 Å². The van der Waals surface area contributed by atoms with Gasteiger partial charge >= 0.3 is 5.97 Å². The highest BCUT2D eigenvalue weighted by Crippen LogP contribution is 2.28. The van der Waals surface area contributed by atoms with E-state index in [0.29, 0.717) is 20.8 Å². The molecule has 3 aromatic rings. The third-order valence-electron chi connectivity index (χ3n) is 4.00. The summed E-state index contributed by atoms with van der Waals surface area (Å²) in [5, 5.41) is 20.9. The molecule has 0 fully saturated rings. The van der Waals surface area contributed by atoms with Gasteiger partial charge in [0.2, 0.25) is 0 Å². The van der Waals surface area contributed by atoms with Gasteiger partial charge in [-0.1, -0.05) is 54.6 Å². The van der Waals surface area contributed by atoms with Gasteiger partial charge in [0.05, 0.1) is 0 Å². The van der Waals surface area contributed by atoms with E-state index in [1.54, 1.807) is 54.6 Å². The number of halogens is 1. The van der Waals surface area contributed by atoms with Crippen LogP contribution < -0.4 is 0 Å². The fourth-order valence-electron chi connectivity index (χ4n) is 2.65. The van der Waals surface area contributed by atoms with Gasteiger partial charge in [0.15, 0.2) is 17.5 Å². The van der Waals surface area contributed by atoms with Crippen LogP contribution in [-0.4, -0.2) is 37.5 Å². The number of carbonyl (C=O) groups excluding carboxylic acids is 1. The molecule has 0 spiro atoms. The molecule has 0 saturated heterocycles. The first-order valence-electron chi connectivity index (χ1n) is 7.82. The number of fused-ring (bicyclic) bond motifs is 1. The highest BCUT2D eigenvalue weighted by atomic mass is 35.5. The van der Waals surface area contributed by atoms with E-state index in [9.17, 15) is 19.8 Å². The molecular formula is C19H15ClN2O4. The quantitative estimate of drug-likeness (QED) is 0.673. The Morgan fingerprint density at radius 2 is 1.73 bits per heavy atom. The summed E-state index contributed by atoms with van der Waals surface area (Å²) in [4.78, 5) is 28.2. The number of benzene rings is 2. The fraction of sp³-hybridized carbons (Fsp3) is 0.105. The molecule has 0 aliphatic carbocycles. The SMILES string of the molecule is O=C(O)[C@H](Cc1ccccc1)N(Cl)C(=O)c1ncc2ccccc2c1O. The number of pyridine rings is 1. The highest BCUT2D eigenvalue weighted by Gasteiger charge is 2.32. The molecule has 0 aliphatic heterocycles. The zero-order valence-corrected chi connectivity index (χ0v) is 14.3. The van der Waals surface area contributed by atoms with Gasteiger partial charge in [0.25, 0.3) is 5.91 Å². The summed E-state index contributed by atoms with van der Waals surface area (Å²) in [5.74, 6) is -2.46. The third-order valence-corrected chi connectivity index (χ3v) is 4.39. The summed E-state index contributed by atoms with van der Waals surface area (Å²) in [6, 6.07) is 14.4. The monoisotopic (exact) mass is 370 g/mol. The molecular weight excluding hydrogens is 356 g/mol. The summed E-state index contributed by atoms with van der Waals surface area (Å²) < 4.78 is 0.576. The van der Waals surface area contributed by atoms with Crippen molar-refractivity contribution in [1.29, 1.82) is 0 Å². The number of carboxylic acids is 1. The molecule has 0 unspecified atom stereocenters. The minimum absolute atomic E-state index is 0.0275. The van der Waals surface area contributed by atoms with Crippen molar-refractivity contribution in [2.45, 2.75) is 12.5 Å². The number of amides is 1. The second-order valence-corrected chi connectivity index (χ2v) is 6.07. The van der Waals surface area contributed by atoms with Crippen molar-refractivity contribution in [2.75, 3.05) is 0 Å². The van der Waals surface area contributed by atoms with Gasteiger partial charge in [-0.25, -0.2) is 14.2 Å². The predicted octanol–water partition coefficient (Wildman–Crippen LogP) is 3.23. The van der Waals surface area contributed by atoms with Crippen LogP contribution in [0.1, 0.15) is 16.1 Å². The van der Waals surface area contributed by atoms with Crippen molar-refractivity contribution in [3.05, 3.63) is 72.1 Å². The van der Waals surface area contributed by atoms with Crippen molar-refractivity contribution in [3.63, 3.8) is 0 Å². The van der Waals surface area contributed by atoms with Gasteiger partial charge in [-0.05, 0) is 5.56 Å². The zero-order valence-electron chi connectivity index (χ0n) is 13.5. The molecule has 0 saturated carbocycles. The summed E-state index contributed by atoms with van der Waals surface area (Å²) in [5.41, 5.74) is 0.423. The molecule has 7 heteroatoms. The lowest BCUT2D eigenvalue weighted by Gasteiger charge is -2.22. The van der Waals surface area contributed by atoms with Crippen molar-refractivity contribution in [2.24, 2.45) is 0 Å². The van der Waals surface area contributed by atoms with Crippen LogP contribution >= 0.6 is 11.8 Å². The van der Waals surface area contributed by atoms with Gasteiger partial charge in [0, 0.05) is 35.2 Å². The molecule has 132 valence electrons. The minimum Gasteiger partial charge on any atom is -0.505 e. The molecule has 2 aromatic carbocycles. The summed E-state index contributed by atoms with van der Waals surface area (Å²) in [7, 11) is 0. The molecule has 1 amide bonds. The summed E-state index contributed by atoms with van der Waals surface area (Å²) >= 11 is 6.05. The number of hydrogen-bond acceptors (Lipinski definition) is 4. The number of aromatic hydroxyl groups is 1. The molecule has 2 N–H and O–H groups in total. The Labute approximate surface area is 154 Å². The van der Waals surface area contributed by atoms with E-state index in [-0.39, 0.29) is 17.9 Å². The second kappa shape index (κ2) is 7.41. The number of carboxylic acid groups (broad SMARTS) is 1. The first kappa shape index (κ1) is 17.7. The van der Waals surface area contributed by atoms with Gasteiger partial charge in [-0.2, -0.15) is 0 Å². The van der Waals surface area contributed by atoms with Gasteiger partial charge < -0.3 is 10.2 Å². The molecule has 0 bridgehead atoms. The standard InChI is InChI=1S/C19H15ClN2O4/c20-22(15(19(25)26)10-12-6-2-1-3-7-12)18(24)16-17(23)14-9-5-4-8-13(14)11-21-16/h1-9,11,15,23H,10H2,(H,25,26)/t15-/m0/s1. The maximum absolute atomic E-state index is 12.7. The normalized spacial score (nSPS) is 11.9. The molecule has 1 atom stereocenters. The van der Waals surface area contributed by atoms with Crippen LogP contribution in [0, 0.1) is 0 Å². The van der Waals surface area contributed by atoms with Crippen LogP contribution in [0.5, 0.6) is 5.75 Å². The molecule has 26 heavy (non-hydrogen) atoms. The first-order valence-corrected chi connectivity index (χ1v) is 8.15. The largest absolute Gasteiger partial charge is 0.505 e. The zero-order chi connectivity index (χ0) is 18.7. The lowest BCUT2D eigenvalue weighted by atomic mass is 10.1. The Morgan fingerprint density at radius 3 is 2.42 bits per heavy atom. The molecule has 0 aliphatic rings. The van der Waals surface area contributed by atoms with E-state index < -0.39 is 17.9 Å². The van der Waals surface area contributed by atoms with E-state index in [0.717, 1.165) is 0 Å². The Kier molecular flexibility index (Phi) is 5.04. The van der Waals surface area contributed by atoms with Crippen molar-refractivity contribution >= 4 is 34.4 Å². The van der Waals surface area contributed by atoms with Gasteiger partial charge in [-0.3, -0.25) is 4.79 Å². The highest BCUT2D eigenvalue weighted by molar-refractivity contribution is 6.26. The van der Waals surface area contributed by atoms with Crippen LogP contribution in [-0.2, 0) is 11.2 Å². The Hall–Kier alpha value is -3.12. The molecule has 3 rings (SSSR count). The Bertz CT molecular complexity index is 962. The smallest absolute Gasteiger partial charge is 0.328 e. The average Bonchev–Trinajstić information content (AvgIpc) is 2.66. The molecule has 6 nitrogen and oxygen atoms in total. The van der Waals surface area contributed by atoms with Gasteiger partial charge in [-0.15, -0.1) is 0 Å². The average molecular weight is 371 g/mol. The number of aromatic nitrogens is 1. The van der Waals surface area contributed by atoms with E-state index in [4.69, 9.17) is 11.8 Å². The number of nitrogens with zero attached hydrogens (tertiary/aromatic N) is 2. The Balaban J connectivity index is 1.92. The maximum Gasteiger partial charge on any atom is 0.328 e. The predicted molar refractivity (Wildman–Crippen MR) is 97.0 cm³/mol. The van der Waals surface area contributed by atoms with E-state index >= 15 is 0 Å². The lowest BCUT2D eigenvalue weighted by Crippen LogP contribution is -2.40. The lowest BCUT2D eigenvalue weighted by molar-refractivity contribution is -0.140. The number of rotatable bonds is 5. The number of aliphatic carboxylic acids is 1. The van der Waals surface area contributed by atoms with Crippen LogP contribution in [0.2, 0.25) is 0 Å². The van der Waals surface area contributed by atoms with Crippen molar-refractivity contribution < 1.29 is 19.8 Å². The van der Waals surface area contributed by atoms with E-state index in [1.165, 1.54) is 6.20 Å². The number of carbonyl (C=O) groups is 2. The van der Waals surface area contributed by atoms with Crippen LogP contribution in [0.25, 0.3) is 10.8 Å². The van der Waals surface area contributed by atoms with E-state index in [2.05, 4.69) is 4.98 Å². The number of hydrogen-bond donors (Lipinski definition) is 2. The molecule has 0 radical (unpaired) electrons. The van der Waals surface area contributed by atoms with Crippen molar-refractivity contribution in [3.8, 4) is 5.75 Å². The molecule has 1 aromatic heterocycles.